The van der Waals surface area contributed by atoms with E-state index in [4.69, 9.17) is 4.42 Å². The Kier molecular flexibility index (Phi) is 4.77. The molecule has 0 fully saturated rings. The van der Waals surface area contributed by atoms with Crippen LogP contribution in [0.15, 0.2) is 16.5 Å². The molecule has 0 bridgehead atoms. The van der Waals surface area contributed by atoms with E-state index in [1.54, 1.807) is 0 Å². The van der Waals surface area contributed by atoms with E-state index in [1.165, 1.54) is 0 Å². The van der Waals surface area contributed by atoms with Crippen molar-refractivity contribution in [3.8, 4) is 0 Å². The number of rotatable bonds is 2. The van der Waals surface area contributed by atoms with Gasteiger partial charge in [-0.05, 0) is 6.07 Å². The molecule has 3 nitrogen and oxygen atoms in total. The highest BCUT2D eigenvalue weighted by Gasteiger charge is 2.02. The van der Waals surface area contributed by atoms with Gasteiger partial charge in [0.2, 0.25) is 6.21 Å². The standard InChI is InChI=1S/C9H15N2O.BrH/c1-10(2)7-8-5-6-9(12-8)11(3)4;/h5-7H,1-4H3;1H/q+1;/p-1. The van der Waals surface area contributed by atoms with Crippen LogP contribution in [0.3, 0.4) is 0 Å². The van der Waals surface area contributed by atoms with Gasteiger partial charge in [-0.1, -0.05) is 0 Å². The first-order chi connectivity index (χ1) is 5.59. The van der Waals surface area contributed by atoms with Crippen LogP contribution in [-0.4, -0.2) is 39.0 Å². The monoisotopic (exact) mass is 246 g/mol. The molecule has 0 spiro atoms. The molecule has 1 rings (SSSR count). The van der Waals surface area contributed by atoms with Crippen molar-refractivity contribution < 1.29 is 26.0 Å². The number of anilines is 1. The number of hydrogen-bond donors (Lipinski definition) is 0. The predicted octanol–water partition coefficient (Wildman–Crippen LogP) is -1.96. The summed E-state index contributed by atoms with van der Waals surface area (Å²) in [6.07, 6.45) is 1.94. The van der Waals surface area contributed by atoms with Gasteiger partial charge in [-0.25, -0.2) is 4.58 Å². The number of hydrogen-bond acceptors (Lipinski definition) is 2. The number of nitrogens with zero attached hydrogens (tertiary/aromatic N) is 2. The molecule has 0 saturated heterocycles. The highest BCUT2D eigenvalue weighted by atomic mass is 79.9. The highest BCUT2D eigenvalue weighted by Crippen LogP contribution is 2.13. The van der Waals surface area contributed by atoms with E-state index >= 15 is 0 Å². The van der Waals surface area contributed by atoms with Gasteiger partial charge in [-0.3, -0.25) is 0 Å². The smallest absolute Gasteiger partial charge is 0.206 e. The van der Waals surface area contributed by atoms with Crippen molar-refractivity contribution >= 4 is 12.1 Å². The maximum absolute atomic E-state index is 5.48. The van der Waals surface area contributed by atoms with Gasteiger partial charge in [0, 0.05) is 20.2 Å². The fraction of sp³-hybridized carbons (Fsp3) is 0.444. The summed E-state index contributed by atoms with van der Waals surface area (Å²) in [5.41, 5.74) is 0. The van der Waals surface area contributed by atoms with Gasteiger partial charge in [-0.2, -0.15) is 0 Å². The zero-order valence-corrected chi connectivity index (χ0v) is 10.00. The Morgan fingerprint density at radius 2 is 1.92 bits per heavy atom. The van der Waals surface area contributed by atoms with Crippen molar-refractivity contribution in [1.82, 2.24) is 0 Å². The zero-order valence-electron chi connectivity index (χ0n) is 8.41. The van der Waals surface area contributed by atoms with Crippen LogP contribution in [0.4, 0.5) is 5.88 Å². The van der Waals surface area contributed by atoms with Gasteiger partial charge >= 0.3 is 0 Å². The minimum atomic E-state index is 0. The van der Waals surface area contributed by atoms with Gasteiger partial charge in [0.15, 0.2) is 11.6 Å². The van der Waals surface area contributed by atoms with Crippen molar-refractivity contribution in [1.29, 1.82) is 0 Å². The largest absolute Gasteiger partial charge is 1.00 e. The van der Waals surface area contributed by atoms with E-state index in [-0.39, 0.29) is 17.0 Å². The quantitative estimate of drug-likeness (QED) is 0.446. The van der Waals surface area contributed by atoms with Gasteiger partial charge < -0.3 is 26.3 Å². The minimum Gasteiger partial charge on any atom is -1.00 e. The second kappa shape index (κ2) is 5.07. The second-order valence-corrected chi connectivity index (χ2v) is 3.16. The summed E-state index contributed by atoms with van der Waals surface area (Å²) in [5, 5.41) is 0. The van der Waals surface area contributed by atoms with E-state index in [0.29, 0.717) is 0 Å². The van der Waals surface area contributed by atoms with Crippen LogP contribution in [-0.2, 0) is 0 Å². The third kappa shape index (κ3) is 3.63. The van der Waals surface area contributed by atoms with E-state index in [2.05, 4.69) is 0 Å². The molecule has 0 aromatic carbocycles. The molecule has 4 heteroatoms. The molecular formula is C9H15BrN2O. The lowest BCUT2D eigenvalue weighted by molar-refractivity contribution is -0.459. The molecule has 1 aromatic rings. The molecule has 74 valence electrons. The van der Waals surface area contributed by atoms with Gasteiger partial charge in [-0.15, -0.1) is 0 Å². The molecule has 0 saturated carbocycles. The Hall–Kier alpha value is -0.770. The first kappa shape index (κ1) is 12.2. The molecule has 1 aromatic heterocycles. The second-order valence-electron chi connectivity index (χ2n) is 3.16. The fourth-order valence-electron chi connectivity index (χ4n) is 0.906. The van der Waals surface area contributed by atoms with Crippen LogP contribution >= 0.6 is 0 Å². The molecule has 0 N–H and O–H groups in total. The highest BCUT2D eigenvalue weighted by molar-refractivity contribution is 5.72. The number of furan rings is 1. The van der Waals surface area contributed by atoms with Crippen LogP contribution < -0.4 is 21.9 Å². The minimum absolute atomic E-state index is 0. The molecule has 0 amide bonds. The maximum Gasteiger partial charge on any atom is 0.206 e. The molecule has 0 aliphatic rings. The molecule has 0 atom stereocenters. The SMILES string of the molecule is CN(C)c1ccc(C=[N+](C)C)o1.[Br-]. The summed E-state index contributed by atoms with van der Waals surface area (Å²) in [5.74, 6) is 1.76. The average Bonchev–Trinajstić information content (AvgIpc) is 2.34. The summed E-state index contributed by atoms with van der Waals surface area (Å²) in [7, 11) is 7.85. The molecule has 0 aliphatic heterocycles. The lowest BCUT2D eigenvalue weighted by atomic mass is 10.5. The van der Waals surface area contributed by atoms with Crippen LogP contribution in [0.2, 0.25) is 0 Å². The van der Waals surface area contributed by atoms with Crippen molar-refractivity contribution in [2.24, 2.45) is 0 Å². The van der Waals surface area contributed by atoms with E-state index in [0.717, 1.165) is 11.6 Å². The van der Waals surface area contributed by atoms with Gasteiger partial charge in [0.1, 0.15) is 14.1 Å². The molecule has 0 unspecified atom stereocenters. The van der Waals surface area contributed by atoms with Crippen LogP contribution in [0.5, 0.6) is 0 Å². The van der Waals surface area contributed by atoms with E-state index < -0.39 is 0 Å². The lowest BCUT2D eigenvalue weighted by Gasteiger charge is -2.05. The van der Waals surface area contributed by atoms with Crippen molar-refractivity contribution in [3.05, 3.63) is 17.9 Å². The first-order valence-electron chi connectivity index (χ1n) is 3.88. The normalized spacial score (nSPS) is 8.92. The van der Waals surface area contributed by atoms with E-state index in [9.17, 15) is 0 Å². The first-order valence-corrected chi connectivity index (χ1v) is 3.88. The summed E-state index contributed by atoms with van der Waals surface area (Å²) in [4.78, 5) is 1.94. The van der Waals surface area contributed by atoms with Crippen LogP contribution in [0.1, 0.15) is 5.76 Å². The summed E-state index contributed by atoms with van der Waals surface area (Å²) in [6, 6.07) is 3.91. The Labute approximate surface area is 89.4 Å². The fourth-order valence-corrected chi connectivity index (χ4v) is 0.906. The van der Waals surface area contributed by atoms with Gasteiger partial charge in [0.25, 0.3) is 0 Å². The van der Waals surface area contributed by atoms with Crippen LogP contribution in [0.25, 0.3) is 0 Å². The van der Waals surface area contributed by atoms with Gasteiger partial charge in [0.05, 0.1) is 0 Å². The lowest BCUT2D eigenvalue weighted by Crippen LogP contribution is -3.00. The third-order valence-corrected chi connectivity index (χ3v) is 1.44. The van der Waals surface area contributed by atoms with E-state index in [1.807, 2.05) is 56.0 Å². The molecule has 13 heavy (non-hydrogen) atoms. The Morgan fingerprint density at radius 3 is 2.31 bits per heavy atom. The molecular weight excluding hydrogens is 232 g/mol. The molecule has 0 aliphatic carbocycles. The zero-order chi connectivity index (χ0) is 9.14. The predicted molar refractivity (Wildman–Crippen MR) is 50.3 cm³/mol. The summed E-state index contributed by atoms with van der Waals surface area (Å²) >= 11 is 0. The summed E-state index contributed by atoms with van der Waals surface area (Å²) in [6.45, 7) is 0. The maximum atomic E-state index is 5.48. The van der Waals surface area contributed by atoms with Crippen LogP contribution in [0, 0.1) is 0 Å². The Balaban J connectivity index is 0.00000144. The molecule has 1 heterocycles. The van der Waals surface area contributed by atoms with Crippen molar-refractivity contribution in [3.63, 3.8) is 0 Å². The third-order valence-electron chi connectivity index (χ3n) is 1.44. The molecule has 0 radical (unpaired) electrons. The van der Waals surface area contributed by atoms with Crippen molar-refractivity contribution in [2.75, 3.05) is 33.1 Å². The Morgan fingerprint density at radius 1 is 1.31 bits per heavy atom. The van der Waals surface area contributed by atoms with Crippen molar-refractivity contribution in [2.45, 2.75) is 0 Å². The number of halogens is 1. The summed E-state index contributed by atoms with van der Waals surface area (Å²) < 4.78 is 7.44. The Bertz CT molecular complexity index is 288. The topological polar surface area (TPSA) is 19.4 Å². The average molecular weight is 247 g/mol.